The molecule has 0 heterocycles. The zero-order chi connectivity index (χ0) is 16.6. The van der Waals surface area contributed by atoms with Crippen molar-refractivity contribution in [2.45, 2.75) is 72.3 Å². The first-order valence-electron chi connectivity index (χ1n) is 9.69. The number of aliphatic hydroxyl groups excluding tert-OH is 1. The normalized spacial score (nSPS) is 55.7. The van der Waals surface area contributed by atoms with Crippen LogP contribution < -0.4 is 0 Å². The third kappa shape index (κ3) is 2.00. The standard InChI is InChI=1S/C21H32O2/c1-12-9-14-10-15(22)7-8-20(14,3)19-13(2)11-21(4)16(18(12)19)5-6-17(21)23/h10,12-13,16-19,23H,5-9,11H2,1-4H3/t12-,13+,16?,17?,18?,19?,20?,21?/m1/s1. The van der Waals surface area contributed by atoms with Crippen molar-refractivity contribution in [3.63, 3.8) is 0 Å². The minimum atomic E-state index is -0.110. The monoisotopic (exact) mass is 316 g/mol. The van der Waals surface area contributed by atoms with Crippen molar-refractivity contribution < 1.29 is 9.90 Å². The zero-order valence-corrected chi connectivity index (χ0v) is 15.1. The van der Waals surface area contributed by atoms with Gasteiger partial charge in [-0.15, -0.1) is 0 Å². The van der Waals surface area contributed by atoms with Crippen LogP contribution in [0, 0.1) is 40.4 Å². The van der Waals surface area contributed by atoms with E-state index in [0.29, 0.717) is 29.5 Å². The number of aliphatic hydroxyl groups is 1. The van der Waals surface area contributed by atoms with Crippen molar-refractivity contribution in [1.82, 2.24) is 0 Å². The predicted molar refractivity (Wildman–Crippen MR) is 91.8 cm³/mol. The lowest BCUT2D eigenvalue weighted by atomic mass is 9.43. The molecule has 3 saturated carbocycles. The van der Waals surface area contributed by atoms with Crippen molar-refractivity contribution in [2.24, 2.45) is 40.4 Å². The molecule has 0 saturated heterocycles. The summed E-state index contributed by atoms with van der Waals surface area (Å²) in [4.78, 5) is 12.0. The van der Waals surface area contributed by atoms with Gasteiger partial charge in [0, 0.05) is 6.42 Å². The van der Waals surface area contributed by atoms with Gasteiger partial charge in [0.1, 0.15) is 0 Å². The van der Waals surface area contributed by atoms with Gasteiger partial charge >= 0.3 is 0 Å². The Kier molecular flexibility index (Phi) is 3.41. The van der Waals surface area contributed by atoms with Crippen molar-refractivity contribution in [2.75, 3.05) is 0 Å². The van der Waals surface area contributed by atoms with Gasteiger partial charge in [-0.1, -0.05) is 33.3 Å². The zero-order valence-electron chi connectivity index (χ0n) is 15.1. The number of ketones is 1. The number of allylic oxidation sites excluding steroid dienone is 1. The Morgan fingerprint density at radius 1 is 1.17 bits per heavy atom. The molecule has 4 aliphatic rings. The van der Waals surface area contributed by atoms with E-state index in [-0.39, 0.29) is 16.9 Å². The van der Waals surface area contributed by atoms with Gasteiger partial charge in [-0.05, 0) is 78.6 Å². The maximum atomic E-state index is 12.0. The predicted octanol–water partition coefficient (Wildman–Crippen LogP) is 4.37. The first-order chi connectivity index (χ1) is 10.8. The Balaban J connectivity index is 1.79. The maximum absolute atomic E-state index is 12.0. The molecule has 23 heavy (non-hydrogen) atoms. The lowest BCUT2D eigenvalue weighted by Gasteiger charge is -2.62. The van der Waals surface area contributed by atoms with E-state index in [1.54, 1.807) is 0 Å². The van der Waals surface area contributed by atoms with E-state index in [1.165, 1.54) is 12.0 Å². The highest BCUT2D eigenvalue weighted by molar-refractivity contribution is 5.91. The first-order valence-corrected chi connectivity index (χ1v) is 9.69. The molecule has 0 aromatic carbocycles. The number of hydrogen-bond acceptors (Lipinski definition) is 2. The highest BCUT2D eigenvalue weighted by Gasteiger charge is 2.62. The van der Waals surface area contributed by atoms with Crippen LogP contribution in [0.1, 0.15) is 66.2 Å². The summed E-state index contributed by atoms with van der Waals surface area (Å²) in [6.45, 7) is 9.62. The molecule has 3 fully saturated rings. The van der Waals surface area contributed by atoms with E-state index >= 15 is 0 Å². The SMILES string of the molecule is C[C@@H]1CC2=CC(=O)CCC2(C)C2C1C1CCC(O)C1(C)C[C@@H]2C. The molecular weight excluding hydrogens is 284 g/mol. The fourth-order valence-corrected chi connectivity index (χ4v) is 7.55. The van der Waals surface area contributed by atoms with E-state index in [9.17, 15) is 9.90 Å². The molecule has 1 N–H and O–H groups in total. The Bertz CT molecular complexity index is 564. The molecule has 2 heteroatoms. The highest BCUT2D eigenvalue weighted by atomic mass is 16.3. The van der Waals surface area contributed by atoms with Crippen LogP contribution >= 0.6 is 0 Å². The van der Waals surface area contributed by atoms with Crippen molar-refractivity contribution >= 4 is 5.78 Å². The average Bonchev–Trinajstić information content (AvgIpc) is 2.76. The van der Waals surface area contributed by atoms with Crippen molar-refractivity contribution in [3.8, 4) is 0 Å². The molecule has 6 unspecified atom stereocenters. The molecule has 0 aliphatic heterocycles. The van der Waals surface area contributed by atoms with Gasteiger partial charge in [0.2, 0.25) is 0 Å². The summed E-state index contributed by atoms with van der Waals surface area (Å²) in [6.07, 6.45) is 8.10. The highest BCUT2D eigenvalue weighted by Crippen LogP contribution is 2.67. The summed E-state index contributed by atoms with van der Waals surface area (Å²) in [5.74, 6) is 3.70. The smallest absolute Gasteiger partial charge is 0.155 e. The molecule has 0 radical (unpaired) electrons. The Morgan fingerprint density at radius 3 is 2.65 bits per heavy atom. The fraction of sp³-hybridized carbons (Fsp3) is 0.857. The van der Waals surface area contributed by atoms with Gasteiger partial charge in [-0.2, -0.15) is 0 Å². The van der Waals surface area contributed by atoms with Crippen LogP contribution in [0.3, 0.4) is 0 Å². The minimum Gasteiger partial charge on any atom is -0.393 e. The van der Waals surface area contributed by atoms with Crippen LogP contribution in [0.4, 0.5) is 0 Å². The second-order valence-electron chi connectivity index (χ2n) is 9.72. The molecule has 8 atom stereocenters. The molecule has 4 aliphatic carbocycles. The Labute approximate surface area is 140 Å². The number of hydrogen-bond donors (Lipinski definition) is 1. The lowest BCUT2D eigenvalue weighted by Crippen LogP contribution is -2.56. The summed E-state index contributed by atoms with van der Waals surface area (Å²) in [5.41, 5.74) is 1.78. The van der Waals surface area contributed by atoms with Gasteiger partial charge in [-0.25, -0.2) is 0 Å². The van der Waals surface area contributed by atoms with Crippen molar-refractivity contribution in [3.05, 3.63) is 11.6 Å². The number of rotatable bonds is 0. The van der Waals surface area contributed by atoms with Crippen LogP contribution in [0.2, 0.25) is 0 Å². The number of fused-ring (bicyclic) bond motifs is 5. The van der Waals surface area contributed by atoms with Crippen molar-refractivity contribution in [1.29, 1.82) is 0 Å². The molecule has 128 valence electrons. The van der Waals surface area contributed by atoms with E-state index in [0.717, 1.165) is 38.0 Å². The largest absolute Gasteiger partial charge is 0.393 e. The third-order valence-electron chi connectivity index (χ3n) is 8.51. The molecule has 0 amide bonds. The number of carbonyl (C=O) groups is 1. The van der Waals surface area contributed by atoms with Crippen LogP contribution in [0.15, 0.2) is 11.6 Å². The first kappa shape index (κ1) is 15.9. The summed E-state index contributed by atoms with van der Waals surface area (Å²) < 4.78 is 0. The second kappa shape index (κ2) is 4.94. The summed E-state index contributed by atoms with van der Waals surface area (Å²) >= 11 is 0. The Morgan fingerprint density at radius 2 is 1.91 bits per heavy atom. The second-order valence-corrected chi connectivity index (χ2v) is 9.72. The molecule has 0 bridgehead atoms. The van der Waals surface area contributed by atoms with Gasteiger partial charge in [0.25, 0.3) is 0 Å². The molecule has 2 nitrogen and oxygen atoms in total. The summed E-state index contributed by atoms with van der Waals surface area (Å²) in [5, 5.41) is 10.7. The lowest BCUT2D eigenvalue weighted by molar-refractivity contribution is -0.128. The summed E-state index contributed by atoms with van der Waals surface area (Å²) in [7, 11) is 0. The fourth-order valence-electron chi connectivity index (χ4n) is 7.55. The van der Waals surface area contributed by atoms with Gasteiger partial charge < -0.3 is 5.11 Å². The topological polar surface area (TPSA) is 37.3 Å². The maximum Gasteiger partial charge on any atom is 0.155 e. The van der Waals surface area contributed by atoms with Gasteiger partial charge in [0.15, 0.2) is 5.78 Å². The van der Waals surface area contributed by atoms with Crippen LogP contribution in [0.5, 0.6) is 0 Å². The molecule has 0 spiro atoms. The van der Waals surface area contributed by atoms with Gasteiger partial charge in [-0.3, -0.25) is 4.79 Å². The van der Waals surface area contributed by atoms with E-state index in [1.807, 2.05) is 6.08 Å². The van der Waals surface area contributed by atoms with Crippen LogP contribution in [-0.4, -0.2) is 17.0 Å². The average molecular weight is 316 g/mol. The van der Waals surface area contributed by atoms with E-state index in [4.69, 9.17) is 0 Å². The molecule has 0 aromatic rings. The minimum absolute atomic E-state index is 0.110. The number of carbonyl (C=O) groups excluding carboxylic acids is 1. The van der Waals surface area contributed by atoms with Crippen LogP contribution in [-0.2, 0) is 4.79 Å². The molecule has 0 aromatic heterocycles. The Hall–Kier alpha value is -0.630. The van der Waals surface area contributed by atoms with Gasteiger partial charge in [0.05, 0.1) is 6.10 Å². The van der Waals surface area contributed by atoms with E-state index < -0.39 is 0 Å². The molecule has 4 rings (SSSR count). The quantitative estimate of drug-likeness (QED) is 0.720. The summed E-state index contributed by atoms with van der Waals surface area (Å²) in [6, 6.07) is 0. The molecular formula is C21H32O2. The van der Waals surface area contributed by atoms with E-state index in [2.05, 4.69) is 27.7 Å². The van der Waals surface area contributed by atoms with Crippen LogP contribution in [0.25, 0.3) is 0 Å². The third-order valence-corrected chi connectivity index (χ3v) is 8.51.